The second kappa shape index (κ2) is 6.65. The summed E-state index contributed by atoms with van der Waals surface area (Å²) in [6.07, 6.45) is 1.95. The molecule has 0 spiro atoms. The highest BCUT2D eigenvalue weighted by molar-refractivity contribution is 5.85. The Kier molecular flexibility index (Phi) is 4.65. The summed E-state index contributed by atoms with van der Waals surface area (Å²) >= 11 is 0. The number of nitrogens with one attached hydrogen (secondary N) is 1. The maximum Gasteiger partial charge on any atom is 0.356 e. The number of carboxylic acids is 1. The lowest BCUT2D eigenvalue weighted by Gasteiger charge is -2.13. The summed E-state index contributed by atoms with van der Waals surface area (Å²) in [5, 5.41) is 19.4. The number of aromatic nitrogens is 2. The van der Waals surface area contributed by atoms with Gasteiger partial charge < -0.3 is 10.4 Å². The second-order valence-corrected chi connectivity index (χ2v) is 4.68. The fourth-order valence-electron chi connectivity index (χ4n) is 1.88. The standard InChI is InChI=1S/C15H17N3O2/c1-11(7-8-12-5-3-2-4-6-12)16-14-10-9-13(15(19)20)17-18-14/h2-6,9-11H,7-8H2,1H3,(H,16,18)(H,19,20). The summed E-state index contributed by atoms with van der Waals surface area (Å²) < 4.78 is 0. The molecular formula is C15H17N3O2. The van der Waals surface area contributed by atoms with Crippen molar-refractivity contribution in [2.24, 2.45) is 0 Å². The normalized spacial score (nSPS) is 11.8. The summed E-state index contributed by atoms with van der Waals surface area (Å²) in [5.74, 6) is -0.475. The Bertz CT molecular complexity index is 555. The predicted octanol–water partition coefficient (Wildman–Crippen LogP) is 2.61. The first-order valence-corrected chi connectivity index (χ1v) is 6.52. The van der Waals surface area contributed by atoms with Gasteiger partial charge in [0.05, 0.1) is 0 Å². The Hall–Kier alpha value is -2.43. The first-order chi connectivity index (χ1) is 9.65. The van der Waals surface area contributed by atoms with Crippen molar-refractivity contribution >= 4 is 11.8 Å². The van der Waals surface area contributed by atoms with E-state index in [0.29, 0.717) is 5.82 Å². The van der Waals surface area contributed by atoms with E-state index in [0.717, 1.165) is 12.8 Å². The molecule has 0 saturated carbocycles. The maximum absolute atomic E-state index is 10.7. The lowest BCUT2D eigenvalue weighted by atomic mass is 10.1. The average Bonchev–Trinajstić information content (AvgIpc) is 2.47. The molecule has 1 aromatic carbocycles. The van der Waals surface area contributed by atoms with E-state index >= 15 is 0 Å². The van der Waals surface area contributed by atoms with Gasteiger partial charge in [0, 0.05) is 6.04 Å². The van der Waals surface area contributed by atoms with E-state index in [1.54, 1.807) is 6.07 Å². The smallest absolute Gasteiger partial charge is 0.356 e. The summed E-state index contributed by atoms with van der Waals surface area (Å²) in [5.41, 5.74) is 1.25. The van der Waals surface area contributed by atoms with Crippen molar-refractivity contribution in [3.8, 4) is 0 Å². The number of hydrogen-bond donors (Lipinski definition) is 2. The Balaban J connectivity index is 1.85. The van der Waals surface area contributed by atoms with Crippen molar-refractivity contribution in [1.29, 1.82) is 0 Å². The Morgan fingerprint density at radius 1 is 1.20 bits per heavy atom. The number of rotatable bonds is 6. The molecule has 104 valence electrons. The van der Waals surface area contributed by atoms with Gasteiger partial charge in [0.25, 0.3) is 0 Å². The van der Waals surface area contributed by atoms with E-state index in [-0.39, 0.29) is 11.7 Å². The van der Waals surface area contributed by atoms with Gasteiger partial charge in [-0.25, -0.2) is 4.79 Å². The van der Waals surface area contributed by atoms with Crippen LogP contribution in [0.3, 0.4) is 0 Å². The zero-order valence-corrected chi connectivity index (χ0v) is 11.3. The number of carboxylic acid groups (broad SMARTS) is 1. The van der Waals surface area contributed by atoms with Gasteiger partial charge in [-0.1, -0.05) is 30.3 Å². The van der Waals surface area contributed by atoms with Crippen LogP contribution in [-0.2, 0) is 6.42 Å². The third kappa shape index (κ3) is 4.05. The zero-order chi connectivity index (χ0) is 14.4. The highest BCUT2D eigenvalue weighted by Gasteiger charge is 2.07. The zero-order valence-electron chi connectivity index (χ0n) is 11.3. The van der Waals surface area contributed by atoms with Gasteiger partial charge in [-0.2, -0.15) is 0 Å². The number of aryl methyl sites for hydroxylation is 1. The Labute approximate surface area is 117 Å². The minimum Gasteiger partial charge on any atom is -0.476 e. The van der Waals surface area contributed by atoms with Crippen molar-refractivity contribution in [1.82, 2.24) is 10.2 Å². The molecule has 0 aliphatic rings. The number of anilines is 1. The Morgan fingerprint density at radius 2 is 1.95 bits per heavy atom. The highest BCUT2D eigenvalue weighted by Crippen LogP contribution is 2.09. The number of aromatic carboxylic acids is 1. The van der Waals surface area contributed by atoms with Crippen LogP contribution in [0.5, 0.6) is 0 Å². The van der Waals surface area contributed by atoms with Crippen LogP contribution in [0.1, 0.15) is 29.4 Å². The van der Waals surface area contributed by atoms with Crippen molar-refractivity contribution in [2.75, 3.05) is 5.32 Å². The average molecular weight is 271 g/mol. The molecule has 1 unspecified atom stereocenters. The van der Waals surface area contributed by atoms with Crippen LogP contribution in [0.15, 0.2) is 42.5 Å². The number of hydrogen-bond acceptors (Lipinski definition) is 4. The van der Waals surface area contributed by atoms with E-state index < -0.39 is 5.97 Å². The van der Waals surface area contributed by atoms with Crippen LogP contribution < -0.4 is 5.32 Å². The molecule has 0 bridgehead atoms. The third-order valence-corrected chi connectivity index (χ3v) is 2.99. The molecular weight excluding hydrogens is 254 g/mol. The number of carbonyl (C=O) groups is 1. The van der Waals surface area contributed by atoms with Crippen LogP contribution in [0.2, 0.25) is 0 Å². The molecule has 5 nitrogen and oxygen atoms in total. The van der Waals surface area contributed by atoms with Crippen LogP contribution in [0.25, 0.3) is 0 Å². The van der Waals surface area contributed by atoms with Gasteiger partial charge in [-0.05, 0) is 37.5 Å². The highest BCUT2D eigenvalue weighted by atomic mass is 16.4. The minimum atomic E-state index is -1.07. The van der Waals surface area contributed by atoms with Gasteiger partial charge in [-0.3, -0.25) is 0 Å². The van der Waals surface area contributed by atoms with Crippen molar-refractivity contribution in [3.63, 3.8) is 0 Å². The molecule has 2 N–H and O–H groups in total. The van der Waals surface area contributed by atoms with E-state index in [4.69, 9.17) is 5.11 Å². The molecule has 0 aliphatic heterocycles. The molecule has 0 aliphatic carbocycles. The van der Waals surface area contributed by atoms with Gasteiger partial charge in [0.2, 0.25) is 0 Å². The quantitative estimate of drug-likeness (QED) is 0.844. The van der Waals surface area contributed by atoms with Gasteiger partial charge in [-0.15, -0.1) is 10.2 Å². The molecule has 2 aromatic rings. The van der Waals surface area contributed by atoms with Crippen LogP contribution in [0.4, 0.5) is 5.82 Å². The summed E-state index contributed by atoms with van der Waals surface area (Å²) in [6.45, 7) is 2.07. The predicted molar refractivity (Wildman–Crippen MR) is 76.8 cm³/mol. The van der Waals surface area contributed by atoms with E-state index in [1.807, 2.05) is 18.2 Å². The fourth-order valence-corrected chi connectivity index (χ4v) is 1.88. The first-order valence-electron chi connectivity index (χ1n) is 6.52. The fraction of sp³-hybridized carbons (Fsp3) is 0.267. The van der Waals surface area contributed by atoms with Crippen LogP contribution >= 0.6 is 0 Å². The lowest BCUT2D eigenvalue weighted by molar-refractivity contribution is 0.0689. The van der Waals surface area contributed by atoms with Crippen LogP contribution in [0, 0.1) is 0 Å². The largest absolute Gasteiger partial charge is 0.476 e. The monoisotopic (exact) mass is 271 g/mol. The Morgan fingerprint density at radius 3 is 2.55 bits per heavy atom. The van der Waals surface area contributed by atoms with Crippen molar-refractivity contribution in [3.05, 3.63) is 53.7 Å². The van der Waals surface area contributed by atoms with Crippen molar-refractivity contribution in [2.45, 2.75) is 25.8 Å². The van der Waals surface area contributed by atoms with Gasteiger partial charge in [0.15, 0.2) is 5.69 Å². The molecule has 0 fully saturated rings. The van der Waals surface area contributed by atoms with E-state index in [2.05, 4.69) is 34.6 Å². The molecule has 1 heterocycles. The molecule has 5 heteroatoms. The summed E-state index contributed by atoms with van der Waals surface area (Å²) in [6, 6.07) is 13.6. The van der Waals surface area contributed by atoms with Crippen LogP contribution in [-0.4, -0.2) is 27.3 Å². The topological polar surface area (TPSA) is 75.1 Å². The molecule has 1 atom stereocenters. The minimum absolute atomic E-state index is 0.0486. The summed E-state index contributed by atoms with van der Waals surface area (Å²) in [4.78, 5) is 10.7. The van der Waals surface area contributed by atoms with Gasteiger partial charge in [0.1, 0.15) is 5.82 Å². The number of benzene rings is 1. The van der Waals surface area contributed by atoms with E-state index in [1.165, 1.54) is 11.6 Å². The number of nitrogens with zero attached hydrogens (tertiary/aromatic N) is 2. The molecule has 1 aromatic heterocycles. The summed E-state index contributed by atoms with van der Waals surface area (Å²) in [7, 11) is 0. The third-order valence-electron chi connectivity index (χ3n) is 2.99. The molecule has 0 amide bonds. The van der Waals surface area contributed by atoms with Gasteiger partial charge >= 0.3 is 5.97 Å². The molecule has 2 rings (SSSR count). The first kappa shape index (κ1) is 14.0. The lowest BCUT2D eigenvalue weighted by Crippen LogP contribution is -2.17. The SMILES string of the molecule is CC(CCc1ccccc1)Nc1ccc(C(=O)O)nn1. The maximum atomic E-state index is 10.7. The molecule has 0 radical (unpaired) electrons. The molecule has 20 heavy (non-hydrogen) atoms. The van der Waals surface area contributed by atoms with Crippen molar-refractivity contribution < 1.29 is 9.90 Å². The molecule has 0 saturated heterocycles. The second-order valence-electron chi connectivity index (χ2n) is 4.68. The van der Waals surface area contributed by atoms with E-state index in [9.17, 15) is 4.79 Å².